The van der Waals surface area contributed by atoms with Crippen LogP contribution in [0.25, 0.3) is 0 Å². The maximum atomic E-state index is 10.9. The molecule has 0 saturated carbocycles. The van der Waals surface area contributed by atoms with Gasteiger partial charge in [-0.05, 0) is 18.2 Å². The average molecular weight is 339 g/mol. The summed E-state index contributed by atoms with van der Waals surface area (Å²) in [6, 6.07) is 5.29. The molecule has 0 saturated heterocycles. The zero-order valence-electron chi connectivity index (χ0n) is 13.8. The van der Waals surface area contributed by atoms with Crippen LogP contribution in [-0.4, -0.2) is 72.3 Å². The minimum Gasteiger partial charge on any atom is -0.489 e. The van der Waals surface area contributed by atoms with E-state index < -0.39 is 0 Å². The standard InChI is InChI=1S/C17H25NO6/c19-14-15-1-2-16-17(13-15)24-12-11-23-10-9-22-8-7-21-6-5-20-4-3-18-16/h1-2,13-14,18H,3-12H2. The van der Waals surface area contributed by atoms with E-state index in [1.165, 1.54) is 0 Å². The van der Waals surface area contributed by atoms with Gasteiger partial charge in [-0.3, -0.25) is 4.79 Å². The first-order chi connectivity index (χ1) is 11.9. The third kappa shape index (κ3) is 7.27. The van der Waals surface area contributed by atoms with E-state index in [1.807, 2.05) is 6.07 Å². The monoisotopic (exact) mass is 339 g/mol. The van der Waals surface area contributed by atoms with E-state index in [-0.39, 0.29) is 0 Å². The van der Waals surface area contributed by atoms with Crippen molar-refractivity contribution in [3.05, 3.63) is 23.8 Å². The molecule has 0 atom stereocenters. The second-order valence-corrected chi connectivity index (χ2v) is 5.10. The summed E-state index contributed by atoms with van der Waals surface area (Å²) in [5.74, 6) is 0.629. The number of carbonyl (C=O) groups excluding carboxylic acids is 1. The predicted octanol–water partition coefficient (Wildman–Crippen LogP) is 1.37. The summed E-state index contributed by atoms with van der Waals surface area (Å²) in [6.45, 7) is 5.25. The molecule has 0 fully saturated rings. The first kappa shape index (κ1) is 18.7. The van der Waals surface area contributed by atoms with Crippen LogP contribution in [0.2, 0.25) is 0 Å². The van der Waals surface area contributed by atoms with Gasteiger partial charge in [-0.1, -0.05) is 0 Å². The zero-order valence-corrected chi connectivity index (χ0v) is 13.8. The molecule has 1 aromatic rings. The Hall–Kier alpha value is -1.67. The summed E-state index contributed by atoms with van der Waals surface area (Å²) in [6.07, 6.45) is 0.798. The van der Waals surface area contributed by atoms with Gasteiger partial charge in [-0.2, -0.15) is 0 Å². The number of aldehydes is 1. The molecule has 1 N–H and O–H groups in total. The van der Waals surface area contributed by atoms with Gasteiger partial charge in [-0.15, -0.1) is 0 Å². The number of ether oxygens (including phenoxy) is 5. The van der Waals surface area contributed by atoms with E-state index in [0.29, 0.717) is 77.3 Å². The fourth-order valence-corrected chi connectivity index (χ4v) is 2.11. The Bertz CT molecular complexity index is 482. The number of carbonyl (C=O) groups is 1. The third-order valence-electron chi connectivity index (χ3n) is 3.30. The number of hydrogen-bond donors (Lipinski definition) is 1. The molecule has 0 spiro atoms. The Labute approximate surface area is 142 Å². The molecular weight excluding hydrogens is 314 g/mol. The lowest BCUT2D eigenvalue weighted by atomic mass is 10.2. The number of anilines is 1. The number of rotatable bonds is 1. The first-order valence-electron chi connectivity index (χ1n) is 8.17. The van der Waals surface area contributed by atoms with Crippen molar-refractivity contribution in [1.82, 2.24) is 0 Å². The van der Waals surface area contributed by atoms with Gasteiger partial charge in [0.2, 0.25) is 0 Å². The van der Waals surface area contributed by atoms with E-state index in [2.05, 4.69) is 5.32 Å². The molecule has 0 aliphatic carbocycles. The van der Waals surface area contributed by atoms with Gasteiger partial charge in [0.05, 0.1) is 58.5 Å². The van der Waals surface area contributed by atoms with Gasteiger partial charge in [0.15, 0.2) is 0 Å². The Balaban J connectivity index is 1.89. The third-order valence-corrected chi connectivity index (χ3v) is 3.30. The van der Waals surface area contributed by atoms with Crippen LogP contribution >= 0.6 is 0 Å². The van der Waals surface area contributed by atoms with E-state index >= 15 is 0 Å². The second kappa shape index (κ2) is 11.8. The van der Waals surface area contributed by atoms with Crippen LogP contribution in [0, 0.1) is 0 Å². The highest BCUT2D eigenvalue weighted by atomic mass is 16.6. The van der Waals surface area contributed by atoms with E-state index in [1.54, 1.807) is 12.1 Å². The summed E-state index contributed by atoms with van der Waals surface area (Å²) in [7, 11) is 0. The van der Waals surface area contributed by atoms with Gasteiger partial charge < -0.3 is 29.0 Å². The molecule has 7 nitrogen and oxygen atoms in total. The number of nitrogens with one attached hydrogen (secondary N) is 1. The predicted molar refractivity (Wildman–Crippen MR) is 89.1 cm³/mol. The normalized spacial score (nSPS) is 19.0. The molecule has 7 heteroatoms. The summed E-state index contributed by atoms with van der Waals surface area (Å²) in [5.41, 5.74) is 1.39. The highest BCUT2D eigenvalue weighted by Gasteiger charge is 2.06. The van der Waals surface area contributed by atoms with Crippen LogP contribution in [0.3, 0.4) is 0 Å². The quantitative estimate of drug-likeness (QED) is 0.775. The van der Waals surface area contributed by atoms with Gasteiger partial charge in [0.25, 0.3) is 0 Å². The van der Waals surface area contributed by atoms with Crippen molar-refractivity contribution in [3.8, 4) is 5.75 Å². The smallest absolute Gasteiger partial charge is 0.150 e. The second-order valence-electron chi connectivity index (χ2n) is 5.10. The SMILES string of the molecule is O=Cc1ccc2c(c1)OCCOCCOCCOCCOCCN2. The van der Waals surface area contributed by atoms with Crippen molar-refractivity contribution >= 4 is 12.0 Å². The fraction of sp³-hybridized carbons (Fsp3) is 0.588. The minimum atomic E-state index is 0.399. The highest BCUT2D eigenvalue weighted by Crippen LogP contribution is 2.25. The molecule has 1 heterocycles. The van der Waals surface area contributed by atoms with Crippen molar-refractivity contribution in [2.75, 3.05) is 71.3 Å². The average Bonchev–Trinajstić information content (AvgIpc) is 2.61. The molecular formula is C17H25NO6. The van der Waals surface area contributed by atoms with Crippen LogP contribution in [0.4, 0.5) is 5.69 Å². The van der Waals surface area contributed by atoms with Gasteiger partial charge in [-0.25, -0.2) is 0 Å². The minimum absolute atomic E-state index is 0.399. The van der Waals surface area contributed by atoms with E-state index in [0.717, 1.165) is 12.0 Å². The molecule has 0 amide bonds. The number of hydrogen-bond acceptors (Lipinski definition) is 7. The Kier molecular flexibility index (Phi) is 9.18. The summed E-state index contributed by atoms with van der Waals surface area (Å²) >= 11 is 0. The van der Waals surface area contributed by atoms with Crippen LogP contribution < -0.4 is 10.1 Å². The van der Waals surface area contributed by atoms with Crippen LogP contribution in [0.5, 0.6) is 5.75 Å². The lowest BCUT2D eigenvalue weighted by Crippen LogP contribution is -2.16. The number of benzene rings is 1. The van der Waals surface area contributed by atoms with Gasteiger partial charge >= 0.3 is 0 Å². The lowest BCUT2D eigenvalue weighted by molar-refractivity contribution is -0.00390. The van der Waals surface area contributed by atoms with Gasteiger partial charge in [0, 0.05) is 12.1 Å². The summed E-state index contributed by atoms with van der Waals surface area (Å²) in [5, 5.41) is 3.25. The van der Waals surface area contributed by atoms with Crippen LogP contribution in [0.15, 0.2) is 18.2 Å². The molecule has 1 aliphatic rings. The summed E-state index contributed by atoms with van der Waals surface area (Å²) < 4.78 is 27.5. The van der Waals surface area contributed by atoms with E-state index in [9.17, 15) is 4.79 Å². The van der Waals surface area contributed by atoms with Crippen LogP contribution in [0.1, 0.15) is 10.4 Å². The molecule has 0 bridgehead atoms. The Morgan fingerprint density at radius 3 is 2.00 bits per heavy atom. The highest BCUT2D eigenvalue weighted by molar-refractivity contribution is 5.78. The van der Waals surface area contributed by atoms with Crippen LogP contribution in [-0.2, 0) is 18.9 Å². The molecule has 24 heavy (non-hydrogen) atoms. The lowest BCUT2D eigenvalue weighted by Gasteiger charge is -2.15. The van der Waals surface area contributed by atoms with Crippen molar-refractivity contribution in [2.24, 2.45) is 0 Å². The first-order valence-corrected chi connectivity index (χ1v) is 8.17. The Morgan fingerprint density at radius 1 is 0.792 bits per heavy atom. The molecule has 1 aliphatic heterocycles. The van der Waals surface area contributed by atoms with Crippen molar-refractivity contribution < 1.29 is 28.5 Å². The van der Waals surface area contributed by atoms with Crippen molar-refractivity contribution in [1.29, 1.82) is 0 Å². The largest absolute Gasteiger partial charge is 0.489 e. The molecule has 0 aromatic heterocycles. The zero-order chi connectivity index (χ0) is 16.9. The molecule has 0 unspecified atom stereocenters. The molecule has 134 valence electrons. The van der Waals surface area contributed by atoms with Gasteiger partial charge in [0.1, 0.15) is 18.6 Å². The summed E-state index contributed by atoms with van der Waals surface area (Å²) in [4.78, 5) is 10.9. The van der Waals surface area contributed by atoms with Crippen molar-refractivity contribution in [3.63, 3.8) is 0 Å². The van der Waals surface area contributed by atoms with Crippen molar-refractivity contribution in [2.45, 2.75) is 0 Å². The Morgan fingerprint density at radius 2 is 1.38 bits per heavy atom. The fourth-order valence-electron chi connectivity index (χ4n) is 2.11. The maximum Gasteiger partial charge on any atom is 0.150 e. The molecule has 0 radical (unpaired) electrons. The van der Waals surface area contributed by atoms with E-state index in [4.69, 9.17) is 23.7 Å². The molecule has 1 aromatic carbocycles. The number of fused-ring (bicyclic) bond motifs is 1. The maximum absolute atomic E-state index is 10.9. The molecule has 2 rings (SSSR count). The topological polar surface area (TPSA) is 75.3 Å².